The molecule has 1 aliphatic rings. The number of aromatic hydroxyl groups is 1. The Morgan fingerprint density at radius 2 is 1.74 bits per heavy atom. The van der Waals surface area contributed by atoms with Gasteiger partial charge in [0.15, 0.2) is 0 Å². The number of hydrogen-bond acceptors (Lipinski definition) is 6. The summed E-state index contributed by atoms with van der Waals surface area (Å²) in [5.74, 6) is -0.100. The van der Waals surface area contributed by atoms with Crippen LogP contribution in [0.25, 0.3) is 23.1 Å². The lowest BCUT2D eigenvalue weighted by molar-refractivity contribution is 0.336. The molecule has 0 saturated heterocycles. The number of oxazole rings is 1. The summed E-state index contributed by atoms with van der Waals surface area (Å²) in [7, 11) is -3.54. The summed E-state index contributed by atoms with van der Waals surface area (Å²) < 4.78 is 32.2. The molecule has 7 nitrogen and oxygen atoms in total. The molecular weight excluding hydrogens is 414 g/mol. The molecule has 1 N–H and O–H groups in total. The number of nitrogens with zero attached hydrogens (tertiary/aromatic N) is 3. The highest BCUT2D eigenvalue weighted by molar-refractivity contribution is 7.89. The van der Waals surface area contributed by atoms with Gasteiger partial charge in [0.2, 0.25) is 15.9 Å². The summed E-state index contributed by atoms with van der Waals surface area (Å²) >= 11 is 0. The van der Waals surface area contributed by atoms with Crippen LogP contribution in [0.3, 0.4) is 0 Å². The molecule has 1 aliphatic heterocycles. The van der Waals surface area contributed by atoms with Crippen molar-refractivity contribution in [1.29, 1.82) is 0 Å². The zero-order valence-electron chi connectivity index (χ0n) is 17.5. The van der Waals surface area contributed by atoms with E-state index in [1.54, 1.807) is 32.1 Å². The number of rotatable bonds is 6. The first-order valence-corrected chi connectivity index (χ1v) is 11.5. The Morgan fingerprint density at radius 3 is 2.42 bits per heavy atom. The minimum Gasteiger partial charge on any atom is -0.479 e. The van der Waals surface area contributed by atoms with Crippen molar-refractivity contribution in [3.8, 4) is 17.4 Å². The second kappa shape index (κ2) is 8.13. The predicted molar refractivity (Wildman–Crippen MR) is 121 cm³/mol. The summed E-state index contributed by atoms with van der Waals surface area (Å²) in [4.78, 5) is 9.14. The number of hydrogen-bond donors (Lipinski definition) is 1. The standard InChI is InChI=1S/C23H23N3O4S/c1-4-26(5-2)31(28,29)17-12-10-16(11-13-17)22-25-21(23(27)30-22)14-19-15(3)24-20-9-7-6-8-18(19)20/h6-14,27H,4-5H2,1-3H3/b19-14-. The van der Waals surface area contributed by atoms with E-state index in [4.69, 9.17) is 4.42 Å². The van der Waals surface area contributed by atoms with Gasteiger partial charge in [0, 0.05) is 35.5 Å². The van der Waals surface area contributed by atoms with Gasteiger partial charge in [0.25, 0.3) is 0 Å². The molecule has 2 aromatic carbocycles. The molecule has 0 saturated carbocycles. The molecule has 0 radical (unpaired) electrons. The summed E-state index contributed by atoms with van der Waals surface area (Å²) in [6.07, 6.45) is 1.74. The molecule has 0 atom stereocenters. The first kappa shape index (κ1) is 21.0. The van der Waals surface area contributed by atoms with E-state index in [0.29, 0.717) is 18.7 Å². The first-order valence-electron chi connectivity index (χ1n) is 10.0. The number of fused-ring (bicyclic) bond motifs is 1. The average Bonchev–Trinajstić information content (AvgIpc) is 3.28. The van der Waals surface area contributed by atoms with Crippen LogP contribution in [0.2, 0.25) is 0 Å². The zero-order chi connectivity index (χ0) is 22.2. The molecule has 0 fully saturated rings. The maximum absolute atomic E-state index is 12.7. The second-order valence-electron chi connectivity index (χ2n) is 7.10. The van der Waals surface area contributed by atoms with Crippen LogP contribution in [0.4, 0.5) is 5.69 Å². The first-order chi connectivity index (χ1) is 14.8. The lowest BCUT2D eigenvalue weighted by Gasteiger charge is -2.18. The Balaban J connectivity index is 1.65. The molecule has 2 heterocycles. The number of sulfonamides is 1. The van der Waals surface area contributed by atoms with Crippen molar-refractivity contribution in [3.05, 3.63) is 59.8 Å². The van der Waals surface area contributed by atoms with E-state index in [0.717, 1.165) is 22.5 Å². The van der Waals surface area contributed by atoms with Gasteiger partial charge in [-0.25, -0.2) is 13.4 Å². The molecule has 0 unspecified atom stereocenters. The van der Waals surface area contributed by atoms with Crippen molar-refractivity contribution in [1.82, 2.24) is 9.29 Å². The van der Waals surface area contributed by atoms with Crippen molar-refractivity contribution < 1.29 is 17.9 Å². The number of aromatic nitrogens is 1. The van der Waals surface area contributed by atoms with Gasteiger partial charge in [-0.1, -0.05) is 32.0 Å². The van der Waals surface area contributed by atoms with E-state index >= 15 is 0 Å². The summed E-state index contributed by atoms with van der Waals surface area (Å²) in [6, 6.07) is 14.0. The van der Waals surface area contributed by atoms with Crippen molar-refractivity contribution >= 4 is 33.1 Å². The van der Waals surface area contributed by atoms with Crippen LogP contribution in [0.1, 0.15) is 32.0 Å². The van der Waals surface area contributed by atoms with E-state index in [1.165, 1.54) is 16.4 Å². The fourth-order valence-electron chi connectivity index (χ4n) is 3.58. The number of benzene rings is 2. The quantitative estimate of drug-likeness (QED) is 0.602. The maximum Gasteiger partial charge on any atom is 0.310 e. The largest absolute Gasteiger partial charge is 0.479 e. The van der Waals surface area contributed by atoms with Gasteiger partial charge in [-0.15, -0.1) is 0 Å². The Kier molecular flexibility index (Phi) is 5.51. The summed E-state index contributed by atoms with van der Waals surface area (Å²) in [5.41, 5.74) is 4.39. The molecule has 31 heavy (non-hydrogen) atoms. The number of allylic oxidation sites excluding steroid dienone is 1. The third-order valence-electron chi connectivity index (χ3n) is 5.23. The molecule has 0 aliphatic carbocycles. The highest BCUT2D eigenvalue weighted by atomic mass is 32.2. The Hall–Kier alpha value is -3.23. The van der Waals surface area contributed by atoms with Gasteiger partial charge >= 0.3 is 5.95 Å². The molecule has 4 rings (SSSR count). The molecule has 8 heteroatoms. The van der Waals surface area contributed by atoms with Crippen molar-refractivity contribution in [3.63, 3.8) is 0 Å². The van der Waals surface area contributed by atoms with Crippen molar-refractivity contribution in [2.24, 2.45) is 4.99 Å². The Labute approximate surface area is 181 Å². The van der Waals surface area contributed by atoms with E-state index in [9.17, 15) is 13.5 Å². The van der Waals surface area contributed by atoms with Crippen molar-refractivity contribution in [2.45, 2.75) is 25.7 Å². The number of para-hydroxylation sites is 1. The molecule has 0 spiro atoms. The zero-order valence-corrected chi connectivity index (χ0v) is 18.3. The fourth-order valence-corrected chi connectivity index (χ4v) is 5.04. The second-order valence-corrected chi connectivity index (χ2v) is 9.03. The van der Waals surface area contributed by atoms with E-state index in [1.807, 2.05) is 31.2 Å². The SMILES string of the molecule is CCN(CC)S(=O)(=O)c1ccc(-c2nc(/C=C3/C(C)=Nc4ccccc43)c(O)o2)cc1. The van der Waals surface area contributed by atoms with Gasteiger partial charge in [-0.05, 0) is 43.3 Å². The summed E-state index contributed by atoms with van der Waals surface area (Å²) in [5, 5.41) is 10.3. The third-order valence-corrected chi connectivity index (χ3v) is 7.30. The molecule has 3 aromatic rings. The molecule has 0 bridgehead atoms. The van der Waals surface area contributed by atoms with Crippen LogP contribution >= 0.6 is 0 Å². The van der Waals surface area contributed by atoms with Crippen molar-refractivity contribution in [2.75, 3.05) is 13.1 Å². The van der Waals surface area contributed by atoms with Crippen LogP contribution in [0.15, 0.2) is 62.8 Å². The molecular formula is C23H23N3O4S. The highest BCUT2D eigenvalue weighted by Gasteiger charge is 2.23. The fraction of sp³-hybridized carbons (Fsp3) is 0.217. The van der Waals surface area contributed by atoms with Crippen LogP contribution in [0.5, 0.6) is 5.95 Å². The van der Waals surface area contributed by atoms with E-state index in [-0.39, 0.29) is 22.4 Å². The van der Waals surface area contributed by atoms with Crippen LogP contribution in [-0.4, -0.2) is 41.6 Å². The van der Waals surface area contributed by atoms with Gasteiger partial charge in [0.05, 0.1) is 10.6 Å². The smallest absolute Gasteiger partial charge is 0.310 e. The number of aliphatic imine (C=N–C) groups is 1. The maximum atomic E-state index is 12.7. The minimum atomic E-state index is -3.54. The lowest BCUT2D eigenvalue weighted by Crippen LogP contribution is -2.30. The molecule has 160 valence electrons. The van der Waals surface area contributed by atoms with Crippen LogP contribution < -0.4 is 0 Å². The molecule has 0 amide bonds. The Bertz CT molecular complexity index is 1280. The predicted octanol–water partition coefficient (Wildman–Crippen LogP) is 4.72. The third kappa shape index (κ3) is 3.80. The average molecular weight is 438 g/mol. The van der Waals surface area contributed by atoms with Gasteiger partial charge in [0.1, 0.15) is 5.69 Å². The van der Waals surface area contributed by atoms with E-state index < -0.39 is 10.0 Å². The lowest BCUT2D eigenvalue weighted by atomic mass is 10.0. The van der Waals surface area contributed by atoms with Crippen LogP contribution in [0, 0.1) is 0 Å². The summed E-state index contributed by atoms with van der Waals surface area (Å²) in [6.45, 7) is 6.31. The topological polar surface area (TPSA) is 96.0 Å². The highest BCUT2D eigenvalue weighted by Crippen LogP contribution is 2.37. The van der Waals surface area contributed by atoms with Gasteiger partial charge < -0.3 is 9.52 Å². The van der Waals surface area contributed by atoms with Gasteiger partial charge in [-0.2, -0.15) is 4.31 Å². The monoisotopic (exact) mass is 437 g/mol. The Morgan fingerprint density at radius 1 is 1.06 bits per heavy atom. The minimum absolute atomic E-state index is 0.201. The molecule has 1 aromatic heterocycles. The van der Waals surface area contributed by atoms with Gasteiger partial charge in [-0.3, -0.25) is 4.99 Å². The van der Waals surface area contributed by atoms with E-state index in [2.05, 4.69) is 9.98 Å². The van der Waals surface area contributed by atoms with Crippen LogP contribution in [-0.2, 0) is 10.0 Å². The normalized spacial score (nSPS) is 14.8.